The third-order valence-corrected chi connectivity index (χ3v) is 6.26. The maximum atomic E-state index is 12.4. The number of nitrogens with one attached hydrogen (secondary N) is 1. The van der Waals surface area contributed by atoms with Crippen LogP contribution in [0.3, 0.4) is 0 Å². The molecule has 5 rings (SSSR count). The van der Waals surface area contributed by atoms with Crippen LogP contribution in [0.4, 0.5) is 5.69 Å². The van der Waals surface area contributed by atoms with Crippen LogP contribution >= 0.6 is 11.3 Å². The fraction of sp³-hybridized carbons (Fsp3) is 0.273. The van der Waals surface area contributed by atoms with Crippen molar-refractivity contribution in [2.75, 3.05) is 5.32 Å². The van der Waals surface area contributed by atoms with E-state index < -0.39 is 0 Å². The number of rotatable bonds is 5. The molecule has 0 aliphatic heterocycles. The number of carbonyl (C=O) groups is 1. The predicted octanol–water partition coefficient (Wildman–Crippen LogP) is 5.04. The van der Waals surface area contributed by atoms with E-state index in [4.69, 9.17) is 5.10 Å². The first-order valence-corrected chi connectivity index (χ1v) is 10.8. The molecule has 1 fully saturated rings. The van der Waals surface area contributed by atoms with Crippen LogP contribution in [0.15, 0.2) is 53.9 Å². The number of thiophene rings is 1. The summed E-state index contributed by atoms with van der Waals surface area (Å²) in [5.74, 6) is 1.36. The fourth-order valence-electron chi connectivity index (χ4n) is 3.95. The molecule has 0 bridgehead atoms. The highest BCUT2D eigenvalue weighted by atomic mass is 32.1. The molecular formula is C22H21N5OS. The number of aromatic nitrogens is 4. The molecule has 1 amide bonds. The molecule has 146 valence electrons. The summed E-state index contributed by atoms with van der Waals surface area (Å²) in [6, 6.07) is 15.7. The third kappa shape index (κ3) is 3.78. The zero-order chi connectivity index (χ0) is 19.6. The molecule has 29 heavy (non-hydrogen) atoms. The standard InChI is InChI=1S/C22H21N5OS/c28-21(13-15-5-1-2-6-15)23-17-8-3-7-16(14-17)18-10-11-20-24-25-22(27(20)26-18)19-9-4-12-29-19/h3-4,7-12,14-15H,1-2,5-6,13H2,(H,23,28). The number of carbonyl (C=O) groups excluding carboxylic acids is 1. The van der Waals surface area contributed by atoms with Gasteiger partial charge >= 0.3 is 0 Å². The quantitative estimate of drug-likeness (QED) is 0.507. The molecule has 3 aromatic heterocycles. The normalized spacial score (nSPS) is 14.5. The van der Waals surface area contributed by atoms with E-state index in [9.17, 15) is 4.79 Å². The highest BCUT2D eigenvalue weighted by Gasteiger charge is 2.18. The second-order valence-electron chi connectivity index (χ2n) is 7.47. The van der Waals surface area contributed by atoms with Crippen molar-refractivity contribution in [2.24, 2.45) is 5.92 Å². The van der Waals surface area contributed by atoms with Gasteiger partial charge in [0.2, 0.25) is 5.91 Å². The van der Waals surface area contributed by atoms with Crippen molar-refractivity contribution in [2.45, 2.75) is 32.1 Å². The van der Waals surface area contributed by atoms with Crippen LogP contribution in [0.25, 0.3) is 27.6 Å². The summed E-state index contributed by atoms with van der Waals surface area (Å²) in [5.41, 5.74) is 3.26. The van der Waals surface area contributed by atoms with Gasteiger partial charge in [0.1, 0.15) is 0 Å². The number of hydrogen-bond acceptors (Lipinski definition) is 5. The Balaban J connectivity index is 1.40. The van der Waals surface area contributed by atoms with Gasteiger partial charge < -0.3 is 5.32 Å². The first-order valence-electron chi connectivity index (χ1n) is 9.93. The van der Waals surface area contributed by atoms with Crippen molar-refractivity contribution in [3.05, 3.63) is 53.9 Å². The Bertz CT molecular complexity index is 1150. The van der Waals surface area contributed by atoms with Crippen molar-refractivity contribution >= 4 is 28.6 Å². The molecule has 7 heteroatoms. The van der Waals surface area contributed by atoms with Gasteiger partial charge in [0, 0.05) is 17.7 Å². The second-order valence-corrected chi connectivity index (χ2v) is 8.42. The van der Waals surface area contributed by atoms with Gasteiger partial charge in [0.15, 0.2) is 11.5 Å². The summed E-state index contributed by atoms with van der Waals surface area (Å²) in [6.45, 7) is 0. The molecule has 1 aliphatic carbocycles. The van der Waals surface area contributed by atoms with Crippen molar-refractivity contribution < 1.29 is 4.79 Å². The lowest BCUT2D eigenvalue weighted by molar-refractivity contribution is -0.117. The zero-order valence-corrected chi connectivity index (χ0v) is 16.7. The number of nitrogens with zero attached hydrogens (tertiary/aromatic N) is 4. The first kappa shape index (κ1) is 18.0. The number of amides is 1. The maximum Gasteiger partial charge on any atom is 0.224 e. The lowest BCUT2D eigenvalue weighted by Gasteiger charge is -2.10. The molecule has 0 unspecified atom stereocenters. The lowest BCUT2D eigenvalue weighted by Crippen LogP contribution is -2.15. The van der Waals surface area contributed by atoms with Gasteiger partial charge in [-0.15, -0.1) is 21.5 Å². The Morgan fingerprint density at radius 1 is 1.10 bits per heavy atom. The average molecular weight is 404 g/mol. The van der Waals surface area contributed by atoms with E-state index in [1.807, 2.05) is 53.9 Å². The van der Waals surface area contributed by atoms with Crippen molar-refractivity contribution in [1.29, 1.82) is 0 Å². The van der Waals surface area contributed by atoms with Gasteiger partial charge in [0.05, 0.1) is 10.6 Å². The smallest absolute Gasteiger partial charge is 0.224 e. The Morgan fingerprint density at radius 3 is 2.83 bits per heavy atom. The first-order chi connectivity index (χ1) is 14.3. The second kappa shape index (κ2) is 7.75. The Hall–Kier alpha value is -3.06. The van der Waals surface area contributed by atoms with Gasteiger partial charge in [-0.2, -0.15) is 9.61 Å². The summed E-state index contributed by atoms with van der Waals surface area (Å²) < 4.78 is 1.77. The minimum absolute atomic E-state index is 0.0938. The zero-order valence-electron chi connectivity index (χ0n) is 15.9. The minimum atomic E-state index is 0.0938. The monoisotopic (exact) mass is 403 g/mol. The Kier molecular flexibility index (Phi) is 4.81. The summed E-state index contributed by atoms with van der Waals surface area (Å²) in [5, 5.41) is 18.3. The van der Waals surface area contributed by atoms with E-state index in [0.717, 1.165) is 27.6 Å². The maximum absolute atomic E-state index is 12.4. The minimum Gasteiger partial charge on any atom is -0.326 e. The van der Waals surface area contributed by atoms with Gasteiger partial charge in [-0.25, -0.2) is 0 Å². The predicted molar refractivity (Wildman–Crippen MR) is 115 cm³/mol. The molecule has 1 aliphatic rings. The van der Waals surface area contributed by atoms with E-state index >= 15 is 0 Å². The van der Waals surface area contributed by atoms with Gasteiger partial charge in [-0.3, -0.25) is 4.79 Å². The topological polar surface area (TPSA) is 72.2 Å². The lowest BCUT2D eigenvalue weighted by atomic mass is 10.0. The van der Waals surface area contributed by atoms with Crippen LogP contribution in [0.1, 0.15) is 32.1 Å². The molecule has 0 atom stereocenters. The van der Waals surface area contributed by atoms with E-state index in [1.54, 1.807) is 15.9 Å². The highest BCUT2D eigenvalue weighted by Crippen LogP contribution is 2.29. The summed E-state index contributed by atoms with van der Waals surface area (Å²) >= 11 is 1.61. The van der Waals surface area contributed by atoms with Crippen LogP contribution in [0.5, 0.6) is 0 Å². The molecule has 3 heterocycles. The largest absolute Gasteiger partial charge is 0.326 e. The molecule has 0 radical (unpaired) electrons. The van der Waals surface area contributed by atoms with Crippen molar-refractivity contribution in [3.8, 4) is 22.0 Å². The van der Waals surface area contributed by atoms with Crippen LogP contribution in [0, 0.1) is 5.92 Å². The SMILES string of the molecule is O=C(CC1CCCC1)Nc1cccc(-c2ccc3nnc(-c4cccs4)n3n2)c1. The molecule has 6 nitrogen and oxygen atoms in total. The Labute approximate surface area is 172 Å². The van der Waals surface area contributed by atoms with Crippen LogP contribution in [0.2, 0.25) is 0 Å². The Morgan fingerprint density at radius 2 is 2.00 bits per heavy atom. The van der Waals surface area contributed by atoms with Crippen LogP contribution < -0.4 is 5.32 Å². The number of anilines is 1. The molecule has 1 aromatic carbocycles. The molecule has 0 saturated heterocycles. The molecule has 1 saturated carbocycles. The third-order valence-electron chi connectivity index (χ3n) is 5.40. The average Bonchev–Trinajstić information content (AvgIpc) is 3.49. The molecule has 4 aromatic rings. The number of hydrogen-bond donors (Lipinski definition) is 1. The molecular weight excluding hydrogens is 382 g/mol. The van der Waals surface area contributed by atoms with Gasteiger partial charge in [0.25, 0.3) is 0 Å². The van der Waals surface area contributed by atoms with Gasteiger partial charge in [-0.1, -0.05) is 31.0 Å². The summed E-state index contributed by atoms with van der Waals surface area (Å²) in [6.07, 6.45) is 5.45. The molecule has 1 N–H and O–H groups in total. The van der Waals surface area contributed by atoms with Crippen LogP contribution in [-0.4, -0.2) is 25.7 Å². The highest BCUT2D eigenvalue weighted by molar-refractivity contribution is 7.13. The van der Waals surface area contributed by atoms with Crippen LogP contribution in [-0.2, 0) is 4.79 Å². The van der Waals surface area contributed by atoms with Gasteiger partial charge in [-0.05, 0) is 54.5 Å². The van der Waals surface area contributed by atoms with Crippen molar-refractivity contribution in [3.63, 3.8) is 0 Å². The van der Waals surface area contributed by atoms with E-state index in [0.29, 0.717) is 18.0 Å². The molecule has 0 spiro atoms. The number of fused-ring (bicyclic) bond motifs is 1. The number of benzene rings is 1. The van der Waals surface area contributed by atoms with E-state index in [2.05, 4.69) is 15.5 Å². The summed E-state index contributed by atoms with van der Waals surface area (Å²) in [4.78, 5) is 13.4. The summed E-state index contributed by atoms with van der Waals surface area (Å²) in [7, 11) is 0. The van der Waals surface area contributed by atoms with E-state index in [-0.39, 0.29) is 5.91 Å². The van der Waals surface area contributed by atoms with Crippen molar-refractivity contribution in [1.82, 2.24) is 19.8 Å². The fourth-order valence-corrected chi connectivity index (χ4v) is 4.64. The van der Waals surface area contributed by atoms with E-state index in [1.165, 1.54) is 25.7 Å².